The molecule has 2 unspecified atom stereocenters. The van der Waals surface area contributed by atoms with Crippen molar-refractivity contribution in [2.45, 2.75) is 44.2 Å². The summed E-state index contributed by atoms with van der Waals surface area (Å²) in [5.74, 6) is 2.16. The predicted octanol–water partition coefficient (Wildman–Crippen LogP) is 2.72. The molecule has 7 heteroatoms. The van der Waals surface area contributed by atoms with Crippen LogP contribution in [0.2, 0.25) is 0 Å². The molecule has 7 nitrogen and oxygen atoms in total. The van der Waals surface area contributed by atoms with E-state index in [0.717, 1.165) is 36.1 Å². The van der Waals surface area contributed by atoms with Gasteiger partial charge in [0.05, 0.1) is 33.1 Å². The molecule has 0 radical (unpaired) electrons. The van der Waals surface area contributed by atoms with Gasteiger partial charge in [0, 0.05) is 48.3 Å². The summed E-state index contributed by atoms with van der Waals surface area (Å²) in [5, 5.41) is 0. The molecule has 3 heterocycles. The first-order chi connectivity index (χ1) is 13.7. The summed E-state index contributed by atoms with van der Waals surface area (Å²) >= 11 is 0. The third kappa shape index (κ3) is 3.15. The lowest BCUT2D eigenvalue weighted by Gasteiger charge is -2.35. The number of aromatic nitrogens is 2. The number of ether oxygens (including phenoxy) is 3. The Bertz CT molecular complexity index is 861. The minimum atomic E-state index is 0.0992. The number of methoxy groups -OCH3 is 3. The molecular weight excluding hydrogens is 358 g/mol. The Morgan fingerprint density at radius 1 is 1.14 bits per heavy atom. The van der Waals surface area contributed by atoms with Crippen molar-refractivity contribution in [2.24, 2.45) is 0 Å². The largest absolute Gasteiger partial charge is 0.496 e. The van der Waals surface area contributed by atoms with E-state index in [-0.39, 0.29) is 18.0 Å². The van der Waals surface area contributed by atoms with E-state index < -0.39 is 0 Å². The summed E-state index contributed by atoms with van der Waals surface area (Å²) in [6.07, 6.45) is 7.21. The number of nitrogens with zero attached hydrogens (tertiary/aromatic N) is 3. The zero-order valence-electron chi connectivity index (χ0n) is 16.5. The van der Waals surface area contributed by atoms with Crippen molar-refractivity contribution in [2.75, 3.05) is 21.3 Å². The zero-order chi connectivity index (χ0) is 19.7. The Hall–Kier alpha value is -2.83. The van der Waals surface area contributed by atoms with Gasteiger partial charge in [-0.25, -0.2) is 9.97 Å². The summed E-state index contributed by atoms with van der Waals surface area (Å²) in [6, 6.07) is 3.97. The molecule has 0 N–H and O–H groups in total. The molecule has 28 heavy (non-hydrogen) atoms. The second-order valence-electron chi connectivity index (χ2n) is 7.19. The average Bonchev–Trinajstić information content (AvgIpc) is 3.06. The van der Waals surface area contributed by atoms with E-state index in [0.29, 0.717) is 30.1 Å². The molecule has 1 aromatic carbocycles. The topological polar surface area (TPSA) is 73.8 Å². The van der Waals surface area contributed by atoms with Gasteiger partial charge in [0.25, 0.3) is 0 Å². The third-order valence-electron chi connectivity index (χ3n) is 5.81. The summed E-state index contributed by atoms with van der Waals surface area (Å²) < 4.78 is 16.3. The van der Waals surface area contributed by atoms with Gasteiger partial charge in [-0.05, 0) is 19.3 Å². The SMILES string of the molecule is COc1cc(OC)c(CCC(=O)N2C3CCC2c2cncnc2C3)c(OC)c1. The highest BCUT2D eigenvalue weighted by molar-refractivity contribution is 5.78. The van der Waals surface area contributed by atoms with Crippen LogP contribution in [0.3, 0.4) is 0 Å². The van der Waals surface area contributed by atoms with E-state index in [4.69, 9.17) is 14.2 Å². The highest BCUT2D eigenvalue weighted by Crippen LogP contribution is 2.43. The predicted molar refractivity (Wildman–Crippen MR) is 103 cm³/mol. The molecule has 2 bridgehead atoms. The number of benzene rings is 1. The van der Waals surface area contributed by atoms with Crippen LogP contribution in [0, 0.1) is 0 Å². The van der Waals surface area contributed by atoms with Crippen LogP contribution in [0.1, 0.15) is 42.1 Å². The first-order valence-corrected chi connectivity index (χ1v) is 9.55. The second-order valence-corrected chi connectivity index (χ2v) is 7.19. The molecule has 1 saturated heterocycles. The smallest absolute Gasteiger partial charge is 0.223 e. The molecule has 0 aliphatic carbocycles. The van der Waals surface area contributed by atoms with Crippen molar-refractivity contribution in [3.05, 3.63) is 41.5 Å². The lowest BCUT2D eigenvalue weighted by molar-refractivity contribution is -0.134. The number of fused-ring (bicyclic) bond motifs is 4. The molecule has 0 spiro atoms. The Labute approximate surface area is 164 Å². The van der Waals surface area contributed by atoms with Gasteiger partial charge in [-0.1, -0.05) is 0 Å². The molecule has 148 valence electrons. The quantitative estimate of drug-likeness (QED) is 0.764. The van der Waals surface area contributed by atoms with Gasteiger partial charge in [-0.2, -0.15) is 0 Å². The number of amides is 1. The minimum absolute atomic E-state index is 0.0992. The Morgan fingerprint density at radius 2 is 1.89 bits per heavy atom. The summed E-state index contributed by atoms with van der Waals surface area (Å²) in [7, 11) is 4.83. The Morgan fingerprint density at radius 3 is 2.57 bits per heavy atom. The maximum atomic E-state index is 13.1. The van der Waals surface area contributed by atoms with Gasteiger partial charge in [0.2, 0.25) is 5.91 Å². The average molecular weight is 383 g/mol. The summed E-state index contributed by atoms with van der Waals surface area (Å²) in [4.78, 5) is 23.8. The van der Waals surface area contributed by atoms with E-state index in [1.165, 1.54) is 0 Å². The normalized spacial score (nSPS) is 19.9. The minimum Gasteiger partial charge on any atom is -0.496 e. The molecule has 0 saturated carbocycles. The van der Waals surface area contributed by atoms with Crippen molar-refractivity contribution < 1.29 is 19.0 Å². The molecule has 2 aromatic rings. The van der Waals surface area contributed by atoms with Crippen LogP contribution >= 0.6 is 0 Å². The van der Waals surface area contributed by atoms with E-state index in [1.54, 1.807) is 27.7 Å². The molecule has 1 amide bonds. The lowest BCUT2D eigenvalue weighted by atomic mass is 9.98. The standard InChI is InChI=1S/C21H25N3O4/c1-26-14-9-19(27-2)15(20(10-14)28-3)5-7-21(25)24-13-4-6-18(24)16-11-22-12-23-17(16)8-13/h9-13,18H,4-8H2,1-3H3. The fourth-order valence-electron chi connectivity index (χ4n) is 4.49. The number of hydrogen-bond acceptors (Lipinski definition) is 6. The number of hydrogen-bond donors (Lipinski definition) is 0. The van der Waals surface area contributed by atoms with Crippen molar-refractivity contribution in [1.29, 1.82) is 0 Å². The van der Waals surface area contributed by atoms with Gasteiger partial charge in [0.1, 0.15) is 23.6 Å². The molecule has 2 atom stereocenters. The number of rotatable bonds is 6. The van der Waals surface area contributed by atoms with Gasteiger partial charge in [-0.3, -0.25) is 4.79 Å². The number of carbonyl (C=O) groups is 1. The fraction of sp³-hybridized carbons (Fsp3) is 0.476. The van der Waals surface area contributed by atoms with Gasteiger partial charge in [0.15, 0.2) is 0 Å². The van der Waals surface area contributed by atoms with E-state index in [2.05, 4.69) is 9.97 Å². The first-order valence-electron chi connectivity index (χ1n) is 9.55. The monoisotopic (exact) mass is 383 g/mol. The van der Waals surface area contributed by atoms with Crippen molar-refractivity contribution in [3.8, 4) is 17.2 Å². The van der Waals surface area contributed by atoms with Gasteiger partial charge in [-0.15, -0.1) is 0 Å². The first kappa shape index (κ1) is 18.5. The Balaban J connectivity index is 1.53. The molecule has 1 fully saturated rings. The molecule has 4 rings (SSSR count). The van der Waals surface area contributed by atoms with Crippen molar-refractivity contribution in [3.63, 3.8) is 0 Å². The van der Waals surface area contributed by atoms with Crippen LogP contribution in [0.15, 0.2) is 24.7 Å². The van der Waals surface area contributed by atoms with E-state index in [9.17, 15) is 4.79 Å². The van der Waals surface area contributed by atoms with Crippen LogP contribution in [-0.4, -0.2) is 48.1 Å². The fourth-order valence-corrected chi connectivity index (χ4v) is 4.49. The van der Waals surface area contributed by atoms with Crippen LogP contribution in [0.5, 0.6) is 17.2 Å². The van der Waals surface area contributed by atoms with Crippen molar-refractivity contribution in [1.82, 2.24) is 14.9 Å². The van der Waals surface area contributed by atoms with Crippen LogP contribution in [-0.2, 0) is 17.6 Å². The maximum Gasteiger partial charge on any atom is 0.223 e. The van der Waals surface area contributed by atoms with Gasteiger partial charge >= 0.3 is 0 Å². The third-order valence-corrected chi connectivity index (χ3v) is 5.81. The van der Waals surface area contributed by atoms with E-state index in [1.807, 2.05) is 23.2 Å². The lowest BCUT2D eigenvalue weighted by Crippen LogP contribution is -2.42. The zero-order valence-corrected chi connectivity index (χ0v) is 16.5. The van der Waals surface area contributed by atoms with Gasteiger partial charge < -0.3 is 19.1 Å². The summed E-state index contributed by atoms with van der Waals surface area (Å²) in [6.45, 7) is 0. The Kier molecular flexibility index (Phi) is 5.07. The van der Waals surface area contributed by atoms with Crippen LogP contribution < -0.4 is 14.2 Å². The van der Waals surface area contributed by atoms with E-state index >= 15 is 0 Å². The molecular formula is C21H25N3O4. The molecule has 1 aromatic heterocycles. The molecule has 2 aliphatic heterocycles. The number of carbonyl (C=O) groups excluding carboxylic acids is 1. The van der Waals surface area contributed by atoms with Crippen LogP contribution in [0.25, 0.3) is 0 Å². The summed E-state index contributed by atoms with van der Waals surface area (Å²) in [5.41, 5.74) is 3.07. The molecule has 2 aliphatic rings. The van der Waals surface area contributed by atoms with Crippen LogP contribution in [0.4, 0.5) is 0 Å². The second kappa shape index (κ2) is 7.66. The highest BCUT2D eigenvalue weighted by atomic mass is 16.5. The maximum absolute atomic E-state index is 13.1. The van der Waals surface area contributed by atoms with Crippen molar-refractivity contribution >= 4 is 5.91 Å². The highest BCUT2D eigenvalue weighted by Gasteiger charge is 2.42.